The lowest BCUT2D eigenvalue weighted by atomic mass is 9.73. The maximum absolute atomic E-state index is 15.2. The first-order valence-electron chi connectivity index (χ1n) is 14.4. The van der Waals surface area contributed by atoms with E-state index < -0.39 is 11.4 Å². The molecule has 0 aromatic heterocycles. The average molecular weight is 538 g/mol. The highest BCUT2D eigenvalue weighted by atomic mass is 35.5. The minimum atomic E-state index is -1.40. The van der Waals surface area contributed by atoms with Gasteiger partial charge >= 0.3 is 6.03 Å². The number of unbranched alkanes of at least 4 members (excludes halogenated alkanes) is 1. The number of aliphatic hydroxyl groups is 1. The van der Waals surface area contributed by atoms with Gasteiger partial charge in [-0.2, -0.15) is 0 Å². The molecule has 0 radical (unpaired) electrons. The molecule has 37 heavy (non-hydrogen) atoms. The van der Waals surface area contributed by atoms with E-state index in [-0.39, 0.29) is 28.6 Å². The number of carbonyl (C=O) groups excluding carboxylic acids is 1. The quantitative estimate of drug-likeness (QED) is 0.365. The lowest BCUT2D eigenvalue weighted by molar-refractivity contribution is -0.0589. The Bertz CT molecular complexity index is 884. The van der Waals surface area contributed by atoms with Gasteiger partial charge in [0.1, 0.15) is 5.82 Å². The summed E-state index contributed by atoms with van der Waals surface area (Å²) >= 11 is 6.12. The molecule has 2 amide bonds. The highest BCUT2D eigenvalue weighted by molar-refractivity contribution is 6.30. The summed E-state index contributed by atoms with van der Waals surface area (Å²) in [7, 11) is 1.65. The normalized spacial score (nSPS) is 27.0. The van der Waals surface area contributed by atoms with Crippen molar-refractivity contribution in [2.75, 3.05) is 39.9 Å². The predicted octanol–water partition coefficient (Wildman–Crippen LogP) is 5.46. The van der Waals surface area contributed by atoms with Crippen molar-refractivity contribution in [3.8, 4) is 0 Å². The van der Waals surface area contributed by atoms with Crippen LogP contribution in [0.15, 0.2) is 18.2 Å². The van der Waals surface area contributed by atoms with Crippen LogP contribution in [-0.2, 0) is 10.3 Å². The number of carbonyl (C=O) groups is 1. The maximum Gasteiger partial charge on any atom is 0.317 e. The predicted molar refractivity (Wildman–Crippen MR) is 145 cm³/mol. The summed E-state index contributed by atoms with van der Waals surface area (Å²) in [6, 6.07) is 4.90. The van der Waals surface area contributed by atoms with E-state index in [0.717, 1.165) is 38.8 Å². The van der Waals surface area contributed by atoms with Crippen LogP contribution in [0.3, 0.4) is 0 Å². The summed E-state index contributed by atoms with van der Waals surface area (Å²) in [6.45, 7) is 3.45. The molecule has 3 aliphatic rings. The van der Waals surface area contributed by atoms with Crippen LogP contribution >= 0.6 is 11.6 Å². The van der Waals surface area contributed by atoms with Crippen LogP contribution in [0.25, 0.3) is 0 Å². The van der Waals surface area contributed by atoms with Gasteiger partial charge in [-0.05, 0) is 63.0 Å². The highest BCUT2D eigenvalue weighted by Crippen LogP contribution is 2.42. The Hall–Kier alpha value is -1.41. The molecule has 4 unspecified atom stereocenters. The van der Waals surface area contributed by atoms with E-state index in [0.29, 0.717) is 44.4 Å². The fourth-order valence-electron chi connectivity index (χ4n) is 7.00. The number of urea groups is 1. The van der Waals surface area contributed by atoms with Crippen molar-refractivity contribution in [3.05, 3.63) is 34.6 Å². The molecule has 0 spiro atoms. The van der Waals surface area contributed by atoms with Gasteiger partial charge in [0.2, 0.25) is 0 Å². The van der Waals surface area contributed by atoms with Crippen LogP contribution in [0.4, 0.5) is 9.18 Å². The zero-order valence-electron chi connectivity index (χ0n) is 22.3. The number of nitrogens with one attached hydrogen (secondary N) is 2. The number of nitrogens with zero attached hydrogens (tertiary/aromatic N) is 1. The largest absolute Gasteiger partial charge is 0.385 e. The van der Waals surface area contributed by atoms with Gasteiger partial charge in [-0.15, -0.1) is 0 Å². The van der Waals surface area contributed by atoms with Crippen molar-refractivity contribution in [3.63, 3.8) is 0 Å². The van der Waals surface area contributed by atoms with Crippen molar-refractivity contribution < 1.29 is 19.0 Å². The summed E-state index contributed by atoms with van der Waals surface area (Å²) in [6.07, 6.45) is 10.9. The summed E-state index contributed by atoms with van der Waals surface area (Å²) < 4.78 is 20.4. The molecule has 2 aliphatic heterocycles. The van der Waals surface area contributed by atoms with E-state index in [1.807, 2.05) is 4.90 Å². The van der Waals surface area contributed by atoms with Gasteiger partial charge in [-0.3, -0.25) is 0 Å². The molecule has 0 bridgehead atoms. The van der Waals surface area contributed by atoms with E-state index >= 15 is 4.39 Å². The van der Waals surface area contributed by atoms with E-state index in [4.69, 9.17) is 16.3 Å². The number of hydrogen-bond acceptors (Lipinski definition) is 4. The Labute approximate surface area is 226 Å². The molecule has 4 rings (SSSR count). The summed E-state index contributed by atoms with van der Waals surface area (Å²) in [5.74, 6) is 0.368. The van der Waals surface area contributed by atoms with Gasteiger partial charge < -0.3 is 25.4 Å². The first kappa shape index (κ1) is 28.6. The Morgan fingerprint density at radius 3 is 2.81 bits per heavy atom. The second-order valence-corrected chi connectivity index (χ2v) is 11.8. The maximum atomic E-state index is 15.2. The Morgan fingerprint density at radius 1 is 1.22 bits per heavy atom. The zero-order chi connectivity index (χ0) is 26.3. The lowest BCUT2D eigenvalue weighted by Gasteiger charge is -2.44. The van der Waals surface area contributed by atoms with Crippen LogP contribution < -0.4 is 10.6 Å². The monoisotopic (exact) mass is 537 g/mol. The number of amides is 2. The number of piperidine rings is 2. The topological polar surface area (TPSA) is 73.8 Å². The summed E-state index contributed by atoms with van der Waals surface area (Å²) in [5.41, 5.74) is -1.17. The molecule has 1 aromatic rings. The third-order valence-corrected chi connectivity index (χ3v) is 9.35. The minimum Gasteiger partial charge on any atom is -0.385 e. The molecule has 8 heteroatoms. The van der Waals surface area contributed by atoms with Crippen LogP contribution in [0.1, 0.15) is 76.2 Å². The average Bonchev–Trinajstić information content (AvgIpc) is 2.93. The van der Waals surface area contributed by atoms with Crippen LogP contribution in [0.2, 0.25) is 5.02 Å². The molecule has 4 atom stereocenters. The standard InChI is InChI=1S/C29H45ClFN3O3/c1-37-18-6-5-15-29(36,24-12-7-13-25(30)27(24)31)22-11-8-17-34(20-22)28(35)33-26-19-32-16-14-23(26)21-9-3-2-4-10-21/h7,12-13,21-23,26,32,36H,2-6,8-11,14-20H2,1H3,(H,33,35). The van der Waals surface area contributed by atoms with Gasteiger partial charge in [-0.25, -0.2) is 9.18 Å². The molecule has 3 fully saturated rings. The van der Waals surface area contributed by atoms with Crippen molar-refractivity contribution in [2.24, 2.45) is 17.8 Å². The molecular weight excluding hydrogens is 493 g/mol. The van der Waals surface area contributed by atoms with E-state index in [1.54, 1.807) is 19.2 Å². The van der Waals surface area contributed by atoms with Gasteiger partial charge in [0.25, 0.3) is 0 Å². The second-order valence-electron chi connectivity index (χ2n) is 11.4. The number of hydrogen-bond donors (Lipinski definition) is 3. The highest BCUT2D eigenvalue weighted by Gasteiger charge is 2.43. The number of ether oxygens (including phenoxy) is 1. The van der Waals surface area contributed by atoms with Crippen molar-refractivity contribution in [1.82, 2.24) is 15.5 Å². The first-order chi connectivity index (χ1) is 17.9. The van der Waals surface area contributed by atoms with E-state index in [2.05, 4.69) is 10.6 Å². The minimum absolute atomic E-state index is 0.0109. The molecule has 6 nitrogen and oxygen atoms in total. The summed E-state index contributed by atoms with van der Waals surface area (Å²) in [5, 5.41) is 18.9. The van der Waals surface area contributed by atoms with Crippen molar-refractivity contribution in [2.45, 2.75) is 82.3 Å². The first-order valence-corrected chi connectivity index (χ1v) is 14.7. The SMILES string of the molecule is COCCCCC(O)(c1cccc(Cl)c1F)C1CCCN(C(=O)NC2CNCCC2C2CCCCC2)C1. The fourth-order valence-corrected chi connectivity index (χ4v) is 7.18. The number of methoxy groups -OCH3 is 1. The van der Waals surface area contributed by atoms with Crippen LogP contribution in [-0.4, -0.2) is 62.0 Å². The number of halogens is 2. The summed E-state index contributed by atoms with van der Waals surface area (Å²) in [4.78, 5) is 15.4. The van der Waals surface area contributed by atoms with E-state index in [9.17, 15) is 9.90 Å². The van der Waals surface area contributed by atoms with Crippen LogP contribution in [0.5, 0.6) is 0 Å². The molecule has 1 saturated carbocycles. The molecular formula is C29H45ClFN3O3. The third-order valence-electron chi connectivity index (χ3n) is 9.06. The smallest absolute Gasteiger partial charge is 0.317 e. The Balaban J connectivity index is 1.47. The third kappa shape index (κ3) is 6.97. The molecule has 1 aliphatic carbocycles. The Kier molecular flexibility index (Phi) is 10.5. The van der Waals surface area contributed by atoms with Gasteiger partial charge in [-0.1, -0.05) is 55.8 Å². The number of rotatable bonds is 9. The molecule has 2 heterocycles. The molecule has 3 N–H and O–H groups in total. The van der Waals surface area contributed by atoms with Crippen molar-refractivity contribution in [1.29, 1.82) is 0 Å². The van der Waals surface area contributed by atoms with Gasteiger partial charge in [0.15, 0.2) is 0 Å². The molecule has 1 aromatic carbocycles. The fraction of sp³-hybridized carbons (Fsp3) is 0.759. The number of benzene rings is 1. The van der Waals surface area contributed by atoms with Crippen LogP contribution in [0, 0.1) is 23.6 Å². The van der Waals surface area contributed by atoms with Crippen molar-refractivity contribution >= 4 is 17.6 Å². The molecule has 2 saturated heterocycles. The number of likely N-dealkylation sites (tertiary alicyclic amines) is 1. The molecule has 208 valence electrons. The van der Waals surface area contributed by atoms with Gasteiger partial charge in [0.05, 0.1) is 10.6 Å². The zero-order valence-corrected chi connectivity index (χ0v) is 23.1. The Morgan fingerprint density at radius 2 is 2.03 bits per heavy atom. The van der Waals surface area contributed by atoms with Gasteiger partial charge in [0, 0.05) is 50.9 Å². The van der Waals surface area contributed by atoms with E-state index in [1.165, 1.54) is 38.2 Å². The lowest BCUT2D eigenvalue weighted by Crippen LogP contribution is -2.58. The second kappa shape index (κ2) is 13.6.